The molecule has 0 bridgehead atoms. The van der Waals surface area contributed by atoms with Gasteiger partial charge in [0, 0.05) is 11.8 Å². The van der Waals surface area contributed by atoms with Crippen molar-refractivity contribution in [2.24, 2.45) is 0 Å². The van der Waals surface area contributed by atoms with Gasteiger partial charge in [-0.25, -0.2) is 4.79 Å². The third-order valence-corrected chi connectivity index (χ3v) is 3.80. The number of nitrogens with one attached hydrogen (secondary N) is 1. The van der Waals surface area contributed by atoms with E-state index in [0.29, 0.717) is 11.4 Å². The first-order valence-electron chi connectivity index (χ1n) is 8.44. The Bertz CT molecular complexity index is 781. The van der Waals surface area contributed by atoms with E-state index in [0.717, 1.165) is 12.0 Å². The number of carbonyl (C=O) groups is 2. The summed E-state index contributed by atoms with van der Waals surface area (Å²) in [4.78, 5) is 24.0. The van der Waals surface area contributed by atoms with Crippen LogP contribution in [0.15, 0.2) is 54.6 Å². The second kappa shape index (κ2) is 9.42. The zero-order valence-electron chi connectivity index (χ0n) is 15.2. The molecule has 1 atom stereocenters. The van der Waals surface area contributed by atoms with E-state index in [4.69, 9.17) is 9.47 Å². The Kier molecular flexibility index (Phi) is 6.97. The highest BCUT2D eigenvalue weighted by atomic mass is 16.5. The number of aryl methyl sites for hydroxylation is 1. The number of hydrogen-bond donors (Lipinski definition) is 1. The van der Waals surface area contributed by atoms with Gasteiger partial charge in [0.25, 0.3) is 5.91 Å². The zero-order chi connectivity index (χ0) is 18.9. The van der Waals surface area contributed by atoms with Gasteiger partial charge in [-0.05, 0) is 54.8 Å². The number of anilines is 1. The van der Waals surface area contributed by atoms with Crippen LogP contribution in [0.5, 0.6) is 5.75 Å². The maximum Gasteiger partial charge on any atom is 0.331 e. The van der Waals surface area contributed by atoms with Crippen molar-refractivity contribution in [3.8, 4) is 5.75 Å². The molecule has 0 saturated heterocycles. The van der Waals surface area contributed by atoms with Crippen molar-refractivity contribution in [1.82, 2.24) is 0 Å². The van der Waals surface area contributed by atoms with Crippen molar-refractivity contribution < 1.29 is 19.1 Å². The third-order valence-electron chi connectivity index (χ3n) is 3.80. The molecule has 0 radical (unpaired) electrons. The van der Waals surface area contributed by atoms with Crippen LogP contribution in [0.1, 0.15) is 25.0 Å². The summed E-state index contributed by atoms with van der Waals surface area (Å²) in [5.74, 6) is -0.267. The summed E-state index contributed by atoms with van der Waals surface area (Å²) in [7, 11) is 1.58. The molecule has 5 heteroatoms. The summed E-state index contributed by atoms with van der Waals surface area (Å²) in [6.07, 6.45) is 2.93. The monoisotopic (exact) mass is 353 g/mol. The molecular weight excluding hydrogens is 330 g/mol. The van der Waals surface area contributed by atoms with Crippen molar-refractivity contribution in [2.45, 2.75) is 26.4 Å². The summed E-state index contributed by atoms with van der Waals surface area (Å²) in [5.41, 5.74) is 2.65. The molecule has 2 aromatic rings. The first-order valence-corrected chi connectivity index (χ1v) is 8.44. The number of esters is 1. The van der Waals surface area contributed by atoms with Gasteiger partial charge in [-0.1, -0.05) is 31.2 Å². The van der Waals surface area contributed by atoms with Crippen LogP contribution in [0.3, 0.4) is 0 Å². The highest BCUT2D eigenvalue weighted by Crippen LogP contribution is 2.14. The smallest absolute Gasteiger partial charge is 0.331 e. The molecular formula is C21H23NO4. The molecule has 0 unspecified atom stereocenters. The number of carbonyl (C=O) groups excluding carboxylic acids is 2. The molecule has 0 spiro atoms. The predicted octanol–water partition coefficient (Wildman–Crippen LogP) is 3.84. The Labute approximate surface area is 153 Å². The SMILES string of the molecule is CCc1ccc(NC(=O)[C@H](C)OC(=O)/C=C\c2cccc(OC)c2)cc1. The molecule has 0 saturated carbocycles. The fourth-order valence-corrected chi connectivity index (χ4v) is 2.24. The molecule has 0 aliphatic carbocycles. The number of ether oxygens (including phenoxy) is 2. The molecule has 5 nitrogen and oxygen atoms in total. The number of rotatable bonds is 7. The van der Waals surface area contributed by atoms with Crippen molar-refractivity contribution in [2.75, 3.05) is 12.4 Å². The topological polar surface area (TPSA) is 64.6 Å². The first-order chi connectivity index (χ1) is 12.5. The van der Waals surface area contributed by atoms with Gasteiger partial charge in [-0.3, -0.25) is 4.79 Å². The van der Waals surface area contributed by atoms with Gasteiger partial charge in [0.15, 0.2) is 6.10 Å². The molecule has 136 valence electrons. The molecule has 1 amide bonds. The predicted molar refractivity (Wildman–Crippen MR) is 102 cm³/mol. The number of hydrogen-bond acceptors (Lipinski definition) is 4. The van der Waals surface area contributed by atoms with Crippen molar-refractivity contribution >= 4 is 23.6 Å². The summed E-state index contributed by atoms with van der Waals surface area (Å²) >= 11 is 0. The zero-order valence-corrected chi connectivity index (χ0v) is 15.2. The van der Waals surface area contributed by atoms with E-state index in [-0.39, 0.29) is 5.91 Å². The Balaban J connectivity index is 1.88. The van der Waals surface area contributed by atoms with E-state index in [1.54, 1.807) is 19.3 Å². The fraction of sp³-hybridized carbons (Fsp3) is 0.238. The lowest BCUT2D eigenvalue weighted by Crippen LogP contribution is -2.29. The third kappa shape index (κ3) is 5.77. The van der Waals surface area contributed by atoms with Gasteiger partial charge in [-0.2, -0.15) is 0 Å². The Morgan fingerprint density at radius 2 is 1.88 bits per heavy atom. The van der Waals surface area contributed by atoms with Crippen LogP contribution in [-0.4, -0.2) is 25.1 Å². The van der Waals surface area contributed by atoms with Crippen LogP contribution in [-0.2, 0) is 20.7 Å². The lowest BCUT2D eigenvalue weighted by atomic mass is 10.1. The Morgan fingerprint density at radius 3 is 2.54 bits per heavy atom. The molecule has 1 N–H and O–H groups in total. The van der Waals surface area contributed by atoms with E-state index in [1.165, 1.54) is 18.6 Å². The average molecular weight is 353 g/mol. The highest BCUT2D eigenvalue weighted by molar-refractivity contribution is 5.96. The highest BCUT2D eigenvalue weighted by Gasteiger charge is 2.16. The van der Waals surface area contributed by atoms with Crippen molar-refractivity contribution in [3.05, 3.63) is 65.7 Å². The van der Waals surface area contributed by atoms with E-state index < -0.39 is 12.1 Å². The van der Waals surface area contributed by atoms with Crippen molar-refractivity contribution in [1.29, 1.82) is 0 Å². The first kappa shape index (κ1) is 19.2. The minimum absolute atomic E-state index is 0.377. The van der Waals surface area contributed by atoms with Crippen molar-refractivity contribution in [3.63, 3.8) is 0 Å². The molecule has 0 aliphatic heterocycles. The summed E-state index contributed by atoms with van der Waals surface area (Å²) in [6, 6.07) is 14.8. The lowest BCUT2D eigenvalue weighted by Gasteiger charge is -2.12. The van der Waals surface area contributed by atoms with Gasteiger partial charge in [-0.15, -0.1) is 0 Å². The second-order valence-corrected chi connectivity index (χ2v) is 5.73. The number of methoxy groups -OCH3 is 1. The van der Waals surface area contributed by atoms with E-state index >= 15 is 0 Å². The van der Waals surface area contributed by atoms with E-state index in [9.17, 15) is 9.59 Å². The molecule has 0 aliphatic rings. The largest absolute Gasteiger partial charge is 0.497 e. The van der Waals surface area contributed by atoms with Gasteiger partial charge in [0.05, 0.1) is 7.11 Å². The normalized spacial score (nSPS) is 11.8. The molecule has 2 aromatic carbocycles. The number of amides is 1. The second-order valence-electron chi connectivity index (χ2n) is 5.73. The Morgan fingerprint density at radius 1 is 1.15 bits per heavy atom. The average Bonchev–Trinajstić information content (AvgIpc) is 2.67. The van der Waals surface area contributed by atoms with E-state index in [1.807, 2.05) is 42.5 Å². The van der Waals surface area contributed by atoms with Crippen LogP contribution in [0.25, 0.3) is 6.08 Å². The molecule has 0 fully saturated rings. The molecule has 2 rings (SSSR count). The van der Waals surface area contributed by atoms with E-state index in [2.05, 4.69) is 12.2 Å². The minimum Gasteiger partial charge on any atom is -0.497 e. The van der Waals surface area contributed by atoms with Gasteiger partial charge < -0.3 is 14.8 Å². The molecule has 26 heavy (non-hydrogen) atoms. The summed E-state index contributed by atoms with van der Waals surface area (Å²) in [5, 5.41) is 2.73. The molecule has 0 heterocycles. The fourth-order valence-electron chi connectivity index (χ4n) is 2.24. The van der Waals surface area contributed by atoms with Gasteiger partial charge >= 0.3 is 5.97 Å². The quantitative estimate of drug-likeness (QED) is 0.607. The standard InChI is InChI=1S/C21H23NO4/c1-4-16-8-11-18(12-9-16)22-21(24)15(2)26-20(23)13-10-17-6-5-7-19(14-17)25-3/h5-15H,4H2,1-3H3,(H,22,24)/b13-10-/t15-/m0/s1. The maximum absolute atomic E-state index is 12.1. The maximum atomic E-state index is 12.1. The summed E-state index contributed by atoms with van der Waals surface area (Å²) in [6.45, 7) is 3.60. The number of benzene rings is 2. The van der Waals surface area contributed by atoms with Crippen LogP contribution >= 0.6 is 0 Å². The van der Waals surface area contributed by atoms with Crippen LogP contribution in [0.4, 0.5) is 5.69 Å². The van der Waals surface area contributed by atoms with Gasteiger partial charge in [0.2, 0.25) is 0 Å². The molecule has 0 aromatic heterocycles. The Hall–Kier alpha value is -3.08. The van der Waals surface area contributed by atoms with Crippen LogP contribution in [0.2, 0.25) is 0 Å². The van der Waals surface area contributed by atoms with Crippen LogP contribution < -0.4 is 10.1 Å². The lowest BCUT2D eigenvalue weighted by molar-refractivity contribution is -0.148. The van der Waals surface area contributed by atoms with Crippen LogP contribution in [0, 0.1) is 0 Å². The van der Waals surface area contributed by atoms with Gasteiger partial charge in [0.1, 0.15) is 5.75 Å². The summed E-state index contributed by atoms with van der Waals surface area (Å²) < 4.78 is 10.3. The minimum atomic E-state index is -0.900.